The van der Waals surface area contributed by atoms with Gasteiger partial charge in [0.25, 0.3) is 0 Å². The Balaban J connectivity index is 2.42. The zero-order valence-corrected chi connectivity index (χ0v) is 9.78. The molecule has 1 rings (SSSR count). The molecule has 0 aliphatic heterocycles. The van der Waals surface area contributed by atoms with E-state index >= 15 is 0 Å². The van der Waals surface area contributed by atoms with Gasteiger partial charge in [-0.05, 0) is 6.92 Å². The topological polar surface area (TPSA) is 26.3 Å². The van der Waals surface area contributed by atoms with Crippen molar-refractivity contribution >= 4 is 5.78 Å². The maximum absolute atomic E-state index is 11.9. The SMILES string of the molecule is CC(/C=C/C(F)(F)F)OCC(=O)c1ccccc1. The van der Waals surface area contributed by atoms with Gasteiger partial charge in [-0.15, -0.1) is 0 Å². The first kappa shape index (κ1) is 14.4. The summed E-state index contributed by atoms with van der Waals surface area (Å²) in [6.07, 6.45) is -4.15. The third-order valence-corrected chi connectivity index (χ3v) is 2.13. The minimum absolute atomic E-state index is 0.102. The fraction of sp³-hybridized carbons (Fsp3) is 0.308. The summed E-state index contributed by atoms with van der Waals surface area (Å²) in [6.45, 7) is 1.20. The zero-order valence-electron chi connectivity index (χ0n) is 9.78. The Kier molecular flexibility index (Phi) is 5.09. The van der Waals surface area contributed by atoms with Gasteiger partial charge in [-0.3, -0.25) is 4.79 Å². The van der Waals surface area contributed by atoms with Crippen LogP contribution in [0.5, 0.6) is 0 Å². The Labute approximate surface area is 103 Å². The molecule has 0 N–H and O–H groups in total. The summed E-state index contributed by atoms with van der Waals surface area (Å²) >= 11 is 0. The van der Waals surface area contributed by atoms with Gasteiger partial charge in [0.1, 0.15) is 6.61 Å². The normalized spacial score (nSPS) is 13.8. The molecule has 2 nitrogen and oxygen atoms in total. The fourth-order valence-corrected chi connectivity index (χ4v) is 1.21. The van der Waals surface area contributed by atoms with E-state index in [9.17, 15) is 18.0 Å². The number of Topliss-reactive ketones (excluding diaryl/α,β-unsaturated/α-hetero) is 1. The van der Waals surface area contributed by atoms with Crippen LogP contribution in [0.4, 0.5) is 13.2 Å². The molecule has 0 aliphatic rings. The quantitative estimate of drug-likeness (QED) is 0.597. The monoisotopic (exact) mass is 258 g/mol. The predicted molar refractivity (Wildman–Crippen MR) is 61.4 cm³/mol. The predicted octanol–water partition coefficient (Wildman–Crippen LogP) is 3.39. The second-order valence-electron chi connectivity index (χ2n) is 3.71. The van der Waals surface area contributed by atoms with Crippen molar-refractivity contribution in [3.8, 4) is 0 Å². The zero-order chi connectivity index (χ0) is 13.6. The Morgan fingerprint density at radius 3 is 2.50 bits per heavy atom. The van der Waals surface area contributed by atoms with Gasteiger partial charge in [0.2, 0.25) is 0 Å². The molecule has 0 saturated heterocycles. The molecular formula is C13H13F3O2. The van der Waals surface area contributed by atoms with Crippen LogP contribution in [0.1, 0.15) is 17.3 Å². The number of benzene rings is 1. The van der Waals surface area contributed by atoms with Crippen molar-refractivity contribution < 1.29 is 22.7 Å². The van der Waals surface area contributed by atoms with Gasteiger partial charge in [0.15, 0.2) is 5.78 Å². The van der Waals surface area contributed by atoms with Crippen LogP contribution in [-0.4, -0.2) is 24.7 Å². The van der Waals surface area contributed by atoms with Crippen molar-refractivity contribution in [3.05, 3.63) is 48.0 Å². The average Bonchev–Trinajstić information content (AvgIpc) is 2.33. The molecular weight excluding hydrogens is 245 g/mol. The Morgan fingerprint density at radius 2 is 1.94 bits per heavy atom. The van der Waals surface area contributed by atoms with E-state index in [1.54, 1.807) is 30.3 Å². The molecule has 0 aliphatic carbocycles. The number of carbonyl (C=O) groups excluding carboxylic acids is 1. The average molecular weight is 258 g/mol. The van der Waals surface area contributed by atoms with Crippen LogP contribution < -0.4 is 0 Å². The van der Waals surface area contributed by atoms with Crippen LogP contribution in [0, 0.1) is 0 Å². The van der Waals surface area contributed by atoms with E-state index in [-0.39, 0.29) is 18.5 Å². The van der Waals surface area contributed by atoms with E-state index in [2.05, 4.69) is 0 Å². The standard InChI is InChI=1S/C13H13F3O2/c1-10(7-8-13(14,15)16)18-9-12(17)11-5-3-2-4-6-11/h2-8,10H,9H2,1H3/b8-7+. The third-order valence-electron chi connectivity index (χ3n) is 2.13. The maximum Gasteiger partial charge on any atom is 0.409 e. The first-order chi connectivity index (χ1) is 8.38. The van der Waals surface area contributed by atoms with E-state index in [4.69, 9.17) is 4.74 Å². The second kappa shape index (κ2) is 6.35. The van der Waals surface area contributed by atoms with Crippen LogP contribution in [0.25, 0.3) is 0 Å². The van der Waals surface area contributed by atoms with E-state index in [1.165, 1.54) is 6.92 Å². The maximum atomic E-state index is 11.9. The highest BCUT2D eigenvalue weighted by Gasteiger charge is 2.22. The lowest BCUT2D eigenvalue weighted by Gasteiger charge is -2.08. The number of carbonyl (C=O) groups is 1. The van der Waals surface area contributed by atoms with Crippen LogP contribution in [0.15, 0.2) is 42.5 Å². The minimum Gasteiger partial charge on any atom is -0.366 e. The number of ether oxygens (including phenoxy) is 1. The van der Waals surface area contributed by atoms with Crippen LogP contribution in [-0.2, 0) is 4.74 Å². The summed E-state index contributed by atoms with van der Waals surface area (Å²) < 4.78 is 40.6. The van der Waals surface area contributed by atoms with E-state index in [1.807, 2.05) is 0 Å². The van der Waals surface area contributed by atoms with Crippen LogP contribution >= 0.6 is 0 Å². The molecule has 0 fully saturated rings. The summed E-state index contributed by atoms with van der Waals surface area (Å²) in [5.41, 5.74) is 0.476. The Morgan fingerprint density at radius 1 is 1.33 bits per heavy atom. The van der Waals surface area contributed by atoms with Crippen LogP contribution in [0.3, 0.4) is 0 Å². The number of alkyl halides is 3. The molecule has 1 aromatic carbocycles. The van der Waals surface area contributed by atoms with Crippen molar-refractivity contribution in [2.75, 3.05) is 6.61 Å². The number of allylic oxidation sites excluding steroid dienone is 1. The van der Waals surface area contributed by atoms with Crippen molar-refractivity contribution in [1.29, 1.82) is 0 Å². The van der Waals surface area contributed by atoms with Gasteiger partial charge in [0, 0.05) is 11.6 Å². The molecule has 0 bridgehead atoms. The summed E-state index contributed by atoms with van der Waals surface area (Å²) in [5.74, 6) is -0.261. The molecule has 0 aromatic heterocycles. The van der Waals surface area contributed by atoms with Gasteiger partial charge in [-0.1, -0.05) is 36.4 Å². The molecule has 1 unspecified atom stereocenters. The van der Waals surface area contributed by atoms with Crippen LogP contribution in [0.2, 0.25) is 0 Å². The van der Waals surface area contributed by atoms with Crippen molar-refractivity contribution in [2.45, 2.75) is 19.2 Å². The van der Waals surface area contributed by atoms with E-state index in [0.29, 0.717) is 5.56 Å². The lowest BCUT2D eigenvalue weighted by Crippen LogP contribution is -2.15. The van der Waals surface area contributed by atoms with Crippen molar-refractivity contribution in [1.82, 2.24) is 0 Å². The third kappa shape index (κ3) is 5.63. The molecule has 1 aromatic rings. The number of hydrogen-bond donors (Lipinski definition) is 0. The van der Waals surface area contributed by atoms with Crippen molar-refractivity contribution in [2.24, 2.45) is 0 Å². The smallest absolute Gasteiger partial charge is 0.366 e. The lowest BCUT2D eigenvalue weighted by molar-refractivity contribution is -0.0807. The second-order valence-corrected chi connectivity index (χ2v) is 3.71. The molecule has 5 heteroatoms. The van der Waals surface area contributed by atoms with Gasteiger partial charge in [-0.25, -0.2) is 0 Å². The molecule has 98 valence electrons. The summed E-state index contributed by atoms with van der Waals surface area (Å²) in [6, 6.07) is 8.44. The fourth-order valence-electron chi connectivity index (χ4n) is 1.21. The largest absolute Gasteiger partial charge is 0.409 e. The highest BCUT2D eigenvalue weighted by atomic mass is 19.4. The molecule has 0 amide bonds. The molecule has 0 radical (unpaired) electrons. The summed E-state index contributed by atoms with van der Waals surface area (Å²) in [5, 5.41) is 0. The van der Waals surface area contributed by atoms with E-state index in [0.717, 1.165) is 6.08 Å². The molecule has 0 saturated carbocycles. The molecule has 18 heavy (non-hydrogen) atoms. The summed E-state index contributed by atoms with van der Waals surface area (Å²) in [7, 11) is 0. The van der Waals surface area contributed by atoms with Gasteiger partial charge >= 0.3 is 6.18 Å². The number of rotatable bonds is 5. The van der Waals surface area contributed by atoms with E-state index < -0.39 is 12.3 Å². The van der Waals surface area contributed by atoms with Gasteiger partial charge in [0.05, 0.1) is 6.10 Å². The minimum atomic E-state index is -4.36. The highest BCUT2D eigenvalue weighted by molar-refractivity contribution is 5.97. The Hall–Kier alpha value is -1.62. The molecule has 0 heterocycles. The van der Waals surface area contributed by atoms with Gasteiger partial charge in [-0.2, -0.15) is 13.2 Å². The first-order valence-corrected chi connectivity index (χ1v) is 5.34. The molecule has 1 atom stereocenters. The van der Waals surface area contributed by atoms with Crippen molar-refractivity contribution in [3.63, 3.8) is 0 Å². The first-order valence-electron chi connectivity index (χ1n) is 5.34. The number of halogens is 3. The summed E-state index contributed by atoms with van der Waals surface area (Å²) in [4.78, 5) is 11.6. The Bertz CT molecular complexity index is 410. The number of hydrogen-bond acceptors (Lipinski definition) is 2. The number of ketones is 1. The lowest BCUT2D eigenvalue weighted by atomic mass is 10.1. The highest BCUT2D eigenvalue weighted by Crippen LogP contribution is 2.16. The van der Waals surface area contributed by atoms with Gasteiger partial charge < -0.3 is 4.74 Å². The molecule has 0 spiro atoms.